The molecular formula is C20H23NO4. The second kappa shape index (κ2) is 10.3. The number of carbonyl (C=O) groups excluding carboxylic acids is 1. The van der Waals surface area contributed by atoms with Crippen molar-refractivity contribution in [1.29, 1.82) is 0 Å². The van der Waals surface area contributed by atoms with E-state index in [1.807, 2.05) is 60.7 Å². The number of ether oxygens (including phenoxy) is 1. The number of carboxylic acids is 1. The molecule has 1 atom stereocenters. The molecule has 0 aliphatic rings. The minimum absolute atomic E-state index is 0.00431. The Morgan fingerprint density at radius 3 is 2.24 bits per heavy atom. The van der Waals surface area contributed by atoms with Gasteiger partial charge in [-0.3, -0.25) is 9.59 Å². The average Bonchev–Trinajstić information content (AvgIpc) is 2.63. The second-order valence-corrected chi connectivity index (χ2v) is 5.75. The molecule has 0 aromatic heterocycles. The van der Waals surface area contributed by atoms with E-state index in [0.717, 1.165) is 11.1 Å². The molecule has 0 spiro atoms. The molecule has 1 unspecified atom stereocenters. The quantitative estimate of drug-likeness (QED) is 0.650. The SMILES string of the molecule is O=C(O)CCC(NC(=O)CCOCc1ccccc1)c1ccccc1. The van der Waals surface area contributed by atoms with E-state index in [1.165, 1.54) is 0 Å². The lowest BCUT2D eigenvalue weighted by Gasteiger charge is -2.18. The standard InChI is InChI=1S/C20H23NO4/c22-19(13-14-25-15-16-7-3-1-4-8-16)21-18(11-12-20(23)24)17-9-5-2-6-10-17/h1-10,18H,11-15H2,(H,21,22)(H,23,24). The van der Waals surface area contributed by atoms with Crippen LogP contribution in [0.25, 0.3) is 0 Å². The number of carbonyl (C=O) groups is 2. The van der Waals surface area contributed by atoms with Crippen LogP contribution in [0.4, 0.5) is 0 Å². The van der Waals surface area contributed by atoms with Gasteiger partial charge in [0.25, 0.3) is 0 Å². The zero-order valence-corrected chi connectivity index (χ0v) is 14.1. The molecule has 0 fully saturated rings. The maximum absolute atomic E-state index is 12.1. The number of aliphatic carboxylic acids is 1. The molecular weight excluding hydrogens is 318 g/mol. The van der Waals surface area contributed by atoms with Crippen LogP contribution < -0.4 is 5.32 Å². The highest BCUT2D eigenvalue weighted by Crippen LogP contribution is 2.18. The number of rotatable bonds is 10. The Morgan fingerprint density at radius 2 is 1.60 bits per heavy atom. The van der Waals surface area contributed by atoms with Gasteiger partial charge in [-0.15, -0.1) is 0 Å². The Morgan fingerprint density at radius 1 is 0.960 bits per heavy atom. The summed E-state index contributed by atoms with van der Waals surface area (Å²) in [6.07, 6.45) is 0.601. The molecule has 1 amide bonds. The molecule has 0 heterocycles. The number of nitrogens with one attached hydrogen (secondary N) is 1. The van der Waals surface area contributed by atoms with E-state index in [1.54, 1.807) is 0 Å². The largest absolute Gasteiger partial charge is 0.481 e. The van der Waals surface area contributed by atoms with Crippen LogP contribution in [0.3, 0.4) is 0 Å². The Hall–Kier alpha value is -2.66. The van der Waals surface area contributed by atoms with Crippen molar-refractivity contribution < 1.29 is 19.4 Å². The summed E-state index contributed by atoms with van der Waals surface area (Å²) in [4.78, 5) is 23.0. The molecule has 2 rings (SSSR count). The van der Waals surface area contributed by atoms with Gasteiger partial charge in [0.1, 0.15) is 0 Å². The van der Waals surface area contributed by atoms with E-state index in [4.69, 9.17) is 9.84 Å². The molecule has 0 bridgehead atoms. The molecule has 2 aromatic rings. The summed E-state index contributed by atoms with van der Waals surface area (Å²) in [5, 5.41) is 11.8. The Labute approximate surface area is 147 Å². The second-order valence-electron chi connectivity index (χ2n) is 5.75. The molecule has 0 saturated heterocycles. The number of hydrogen-bond acceptors (Lipinski definition) is 3. The number of hydrogen-bond donors (Lipinski definition) is 2. The highest BCUT2D eigenvalue weighted by molar-refractivity contribution is 5.76. The van der Waals surface area contributed by atoms with Gasteiger partial charge in [-0.1, -0.05) is 60.7 Å². The highest BCUT2D eigenvalue weighted by Gasteiger charge is 2.15. The van der Waals surface area contributed by atoms with E-state index in [2.05, 4.69) is 5.32 Å². The molecule has 0 aliphatic carbocycles. The highest BCUT2D eigenvalue weighted by atomic mass is 16.5. The Kier molecular flexibility index (Phi) is 7.66. The molecule has 2 aromatic carbocycles. The van der Waals surface area contributed by atoms with Crippen molar-refractivity contribution in [1.82, 2.24) is 5.32 Å². The van der Waals surface area contributed by atoms with Gasteiger partial charge in [0.2, 0.25) is 5.91 Å². The van der Waals surface area contributed by atoms with Crippen LogP contribution >= 0.6 is 0 Å². The number of amides is 1. The van der Waals surface area contributed by atoms with Gasteiger partial charge in [-0.05, 0) is 17.5 Å². The first kappa shape index (κ1) is 18.7. The molecule has 5 heteroatoms. The summed E-state index contributed by atoms with van der Waals surface area (Å²) >= 11 is 0. The predicted molar refractivity (Wildman–Crippen MR) is 94.9 cm³/mol. The summed E-state index contributed by atoms with van der Waals surface area (Å²) in [5.74, 6) is -1.02. The summed E-state index contributed by atoms with van der Waals surface area (Å²) in [6, 6.07) is 18.9. The number of carboxylic acid groups (broad SMARTS) is 1. The summed E-state index contributed by atoms with van der Waals surface area (Å²) in [5.41, 5.74) is 1.97. The first-order chi connectivity index (χ1) is 12.1. The molecule has 0 radical (unpaired) electrons. The zero-order valence-electron chi connectivity index (χ0n) is 14.1. The Balaban J connectivity index is 1.79. The molecule has 132 valence electrons. The van der Waals surface area contributed by atoms with Crippen LogP contribution in [0.2, 0.25) is 0 Å². The van der Waals surface area contributed by atoms with Crippen molar-refractivity contribution in [2.24, 2.45) is 0 Å². The summed E-state index contributed by atoms with van der Waals surface area (Å²) in [6.45, 7) is 0.788. The van der Waals surface area contributed by atoms with Crippen LogP contribution in [0.1, 0.15) is 36.4 Å². The molecule has 0 aliphatic heterocycles. The van der Waals surface area contributed by atoms with Gasteiger partial charge in [0, 0.05) is 12.8 Å². The topological polar surface area (TPSA) is 75.6 Å². The van der Waals surface area contributed by atoms with E-state index in [-0.39, 0.29) is 24.8 Å². The summed E-state index contributed by atoms with van der Waals surface area (Å²) in [7, 11) is 0. The van der Waals surface area contributed by atoms with Crippen LogP contribution in [0.5, 0.6) is 0 Å². The third-order valence-corrected chi connectivity index (χ3v) is 3.77. The monoisotopic (exact) mass is 341 g/mol. The molecule has 0 saturated carbocycles. The van der Waals surface area contributed by atoms with Gasteiger partial charge in [-0.2, -0.15) is 0 Å². The lowest BCUT2D eigenvalue weighted by atomic mass is 10.0. The van der Waals surface area contributed by atoms with Crippen molar-refractivity contribution in [3.8, 4) is 0 Å². The van der Waals surface area contributed by atoms with Crippen molar-refractivity contribution in [3.63, 3.8) is 0 Å². The van der Waals surface area contributed by atoms with E-state index in [0.29, 0.717) is 19.6 Å². The normalized spacial score (nSPS) is 11.7. The minimum atomic E-state index is -0.874. The molecule has 5 nitrogen and oxygen atoms in total. The zero-order chi connectivity index (χ0) is 17.9. The first-order valence-corrected chi connectivity index (χ1v) is 8.33. The fraction of sp³-hybridized carbons (Fsp3) is 0.300. The van der Waals surface area contributed by atoms with Gasteiger partial charge in [0.05, 0.1) is 19.3 Å². The maximum Gasteiger partial charge on any atom is 0.303 e. The first-order valence-electron chi connectivity index (χ1n) is 8.33. The smallest absolute Gasteiger partial charge is 0.303 e. The van der Waals surface area contributed by atoms with Crippen molar-refractivity contribution in [3.05, 3.63) is 71.8 Å². The maximum atomic E-state index is 12.1. The van der Waals surface area contributed by atoms with Gasteiger partial charge < -0.3 is 15.2 Å². The summed E-state index contributed by atoms with van der Waals surface area (Å²) < 4.78 is 5.52. The van der Waals surface area contributed by atoms with Crippen molar-refractivity contribution in [2.75, 3.05) is 6.61 Å². The lowest BCUT2D eigenvalue weighted by Crippen LogP contribution is -2.29. The van der Waals surface area contributed by atoms with Crippen LogP contribution in [-0.2, 0) is 20.9 Å². The minimum Gasteiger partial charge on any atom is -0.481 e. The van der Waals surface area contributed by atoms with E-state index in [9.17, 15) is 9.59 Å². The van der Waals surface area contributed by atoms with Crippen molar-refractivity contribution in [2.45, 2.75) is 31.9 Å². The van der Waals surface area contributed by atoms with Gasteiger partial charge in [0.15, 0.2) is 0 Å². The van der Waals surface area contributed by atoms with E-state index < -0.39 is 5.97 Å². The third-order valence-electron chi connectivity index (χ3n) is 3.77. The number of benzene rings is 2. The molecule has 25 heavy (non-hydrogen) atoms. The van der Waals surface area contributed by atoms with Crippen LogP contribution in [0, 0.1) is 0 Å². The predicted octanol–water partition coefficient (Wildman–Crippen LogP) is 3.32. The van der Waals surface area contributed by atoms with E-state index >= 15 is 0 Å². The van der Waals surface area contributed by atoms with Gasteiger partial charge >= 0.3 is 5.97 Å². The Bertz CT molecular complexity index is 658. The van der Waals surface area contributed by atoms with Crippen LogP contribution in [-0.4, -0.2) is 23.6 Å². The average molecular weight is 341 g/mol. The van der Waals surface area contributed by atoms with Crippen molar-refractivity contribution >= 4 is 11.9 Å². The van der Waals surface area contributed by atoms with Gasteiger partial charge in [-0.25, -0.2) is 0 Å². The fourth-order valence-corrected chi connectivity index (χ4v) is 2.47. The fourth-order valence-electron chi connectivity index (χ4n) is 2.47. The van der Waals surface area contributed by atoms with Crippen LogP contribution in [0.15, 0.2) is 60.7 Å². The lowest BCUT2D eigenvalue weighted by molar-refractivity contribution is -0.137. The molecule has 2 N–H and O–H groups in total. The third kappa shape index (κ3) is 7.18.